The van der Waals surface area contributed by atoms with Crippen LogP contribution in [-0.4, -0.2) is 33.3 Å². The molecule has 0 saturated heterocycles. The van der Waals surface area contributed by atoms with E-state index in [0.717, 1.165) is 16.9 Å². The number of benzene rings is 2. The molecule has 1 aliphatic carbocycles. The Morgan fingerprint density at radius 1 is 1.06 bits per heavy atom. The number of hydrogen-bond donors (Lipinski definition) is 2. The van der Waals surface area contributed by atoms with Crippen molar-refractivity contribution in [2.45, 2.75) is 44.2 Å². The molecule has 1 aliphatic rings. The van der Waals surface area contributed by atoms with Crippen molar-refractivity contribution in [3.63, 3.8) is 0 Å². The molecule has 3 aromatic rings. The number of carbonyl (C=O) groups is 1. The molecule has 8 heteroatoms. The van der Waals surface area contributed by atoms with Crippen LogP contribution in [0.3, 0.4) is 0 Å². The van der Waals surface area contributed by atoms with Crippen LogP contribution in [0.4, 0.5) is 4.79 Å². The fraction of sp³-hybridized carbons (Fsp3) is 0.280. The van der Waals surface area contributed by atoms with E-state index in [4.69, 9.17) is 19.8 Å². The number of hydrogen-bond acceptors (Lipinski definition) is 6. The van der Waals surface area contributed by atoms with Crippen molar-refractivity contribution in [2.24, 2.45) is 0 Å². The largest absolute Gasteiger partial charge is 0.490 e. The highest BCUT2D eigenvalue weighted by molar-refractivity contribution is 5.65. The van der Waals surface area contributed by atoms with Gasteiger partial charge in [-0.25, -0.2) is 9.78 Å². The van der Waals surface area contributed by atoms with Gasteiger partial charge >= 0.3 is 12.1 Å². The van der Waals surface area contributed by atoms with Gasteiger partial charge in [-0.2, -0.15) is 10.2 Å². The maximum atomic E-state index is 10.7. The Hall–Kier alpha value is -4.12. The summed E-state index contributed by atoms with van der Waals surface area (Å²) in [4.78, 5) is 18.7. The topological polar surface area (TPSA) is 117 Å². The zero-order valence-corrected chi connectivity index (χ0v) is 18.4. The van der Waals surface area contributed by atoms with E-state index in [-0.39, 0.29) is 29.3 Å². The van der Waals surface area contributed by atoms with Crippen molar-refractivity contribution < 1.29 is 19.4 Å². The summed E-state index contributed by atoms with van der Waals surface area (Å²) in [5, 5.41) is 20.2. The third-order valence-electron chi connectivity index (χ3n) is 5.83. The second-order valence-electron chi connectivity index (χ2n) is 8.47. The van der Waals surface area contributed by atoms with E-state index >= 15 is 0 Å². The average Bonchev–Trinajstić information content (AvgIpc) is 2.78. The number of nitrogens with zero attached hydrogens (tertiary/aromatic N) is 3. The van der Waals surface area contributed by atoms with E-state index in [2.05, 4.69) is 29.1 Å². The Morgan fingerprint density at radius 2 is 1.67 bits per heavy atom. The lowest BCUT2D eigenvalue weighted by Crippen LogP contribution is -2.48. The molecule has 0 unspecified atom stereocenters. The lowest BCUT2D eigenvalue weighted by atomic mass is 9.78. The molecule has 1 aromatic heterocycles. The van der Waals surface area contributed by atoms with Gasteiger partial charge in [-0.15, -0.1) is 0 Å². The van der Waals surface area contributed by atoms with Crippen molar-refractivity contribution in [3.8, 4) is 23.6 Å². The van der Waals surface area contributed by atoms with Gasteiger partial charge in [0.15, 0.2) is 0 Å². The number of rotatable bonds is 7. The normalized spacial score (nSPS) is 17.4. The first-order chi connectivity index (χ1) is 15.8. The van der Waals surface area contributed by atoms with E-state index in [0.29, 0.717) is 18.6 Å². The molecule has 0 radical (unpaired) electrons. The molecule has 8 nitrogen and oxygen atoms in total. The fourth-order valence-corrected chi connectivity index (χ4v) is 3.76. The summed E-state index contributed by atoms with van der Waals surface area (Å²) in [6, 6.07) is 19.3. The van der Waals surface area contributed by atoms with E-state index in [1.165, 1.54) is 12.3 Å². The Morgan fingerprint density at radius 3 is 2.24 bits per heavy atom. The van der Waals surface area contributed by atoms with Crippen molar-refractivity contribution in [1.29, 1.82) is 5.26 Å². The fourth-order valence-electron chi connectivity index (χ4n) is 3.76. The van der Waals surface area contributed by atoms with E-state index < -0.39 is 6.09 Å². The Kier molecular flexibility index (Phi) is 6.13. The molecule has 2 aromatic carbocycles. The number of carboxylic acid groups (broad SMARTS) is 1. The smallest absolute Gasteiger partial charge is 0.404 e. The first-order valence-electron chi connectivity index (χ1n) is 10.6. The summed E-state index contributed by atoms with van der Waals surface area (Å²) in [6.07, 6.45) is 1.89. The summed E-state index contributed by atoms with van der Waals surface area (Å²) >= 11 is 0. The predicted molar refractivity (Wildman–Crippen MR) is 120 cm³/mol. The standard InChI is InChI=1S/C25H24N4O4/c1-25(2,16-3-7-20(8-4-16)32-22-13-19(14-22)29-24(30)31)17-5-9-21(10-6-17)33-23-27-12-11-18(15-26)28-23/h3-12,19,22,29H,13-14H2,1-2H3,(H,30,31). The van der Waals surface area contributed by atoms with Crippen LogP contribution in [0.5, 0.6) is 17.5 Å². The summed E-state index contributed by atoms with van der Waals surface area (Å²) in [7, 11) is 0. The molecule has 1 saturated carbocycles. The van der Waals surface area contributed by atoms with Gasteiger partial charge in [0.1, 0.15) is 29.4 Å². The number of amides is 1. The SMILES string of the molecule is CC(C)(c1ccc(Oc2nccc(C#N)n2)cc1)c1ccc(OC2CC(NC(=O)O)C2)cc1. The summed E-state index contributed by atoms with van der Waals surface area (Å²) in [6.45, 7) is 4.29. The van der Waals surface area contributed by atoms with Crippen LogP contribution in [0.15, 0.2) is 60.8 Å². The van der Waals surface area contributed by atoms with Crippen molar-refractivity contribution >= 4 is 6.09 Å². The molecular weight excluding hydrogens is 420 g/mol. The highest BCUT2D eigenvalue weighted by Crippen LogP contribution is 2.34. The van der Waals surface area contributed by atoms with E-state index in [1.807, 2.05) is 54.6 Å². The van der Waals surface area contributed by atoms with Crippen LogP contribution in [0, 0.1) is 11.3 Å². The second kappa shape index (κ2) is 9.17. The molecule has 1 heterocycles. The Labute approximate surface area is 191 Å². The molecule has 4 rings (SSSR count). The van der Waals surface area contributed by atoms with Crippen LogP contribution in [0.2, 0.25) is 0 Å². The third-order valence-corrected chi connectivity index (χ3v) is 5.83. The molecule has 0 bridgehead atoms. The minimum Gasteiger partial charge on any atom is -0.490 e. The first kappa shape index (κ1) is 22.1. The highest BCUT2D eigenvalue weighted by Gasteiger charge is 2.32. The van der Waals surface area contributed by atoms with Crippen molar-refractivity contribution in [1.82, 2.24) is 15.3 Å². The molecule has 0 aliphatic heterocycles. The number of nitriles is 1. The minimum atomic E-state index is -0.994. The lowest BCUT2D eigenvalue weighted by Gasteiger charge is -2.35. The molecular formula is C25H24N4O4. The first-order valence-corrected chi connectivity index (χ1v) is 10.6. The van der Waals surface area contributed by atoms with Gasteiger partial charge in [-0.1, -0.05) is 38.1 Å². The monoisotopic (exact) mass is 444 g/mol. The Balaban J connectivity index is 1.38. The van der Waals surface area contributed by atoms with Crippen LogP contribution in [0.1, 0.15) is 43.5 Å². The maximum absolute atomic E-state index is 10.7. The molecule has 1 amide bonds. The summed E-state index contributed by atoms with van der Waals surface area (Å²) in [5.74, 6) is 1.36. The molecule has 2 N–H and O–H groups in total. The Bertz CT molecular complexity index is 1160. The lowest BCUT2D eigenvalue weighted by molar-refractivity contribution is 0.0833. The van der Waals surface area contributed by atoms with Gasteiger partial charge in [0, 0.05) is 30.5 Å². The van der Waals surface area contributed by atoms with E-state index in [1.54, 1.807) is 0 Å². The van der Waals surface area contributed by atoms with Gasteiger partial charge in [0.05, 0.1) is 0 Å². The summed E-state index contributed by atoms with van der Waals surface area (Å²) in [5.41, 5.74) is 2.24. The second-order valence-corrected chi connectivity index (χ2v) is 8.47. The molecule has 33 heavy (non-hydrogen) atoms. The van der Waals surface area contributed by atoms with Crippen molar-refractivity contribution in [2.75, 3.05) is 0 Å². The van der Waals surface area contributed by atoms with Gasteiger partial charge in [-0.05, 0) is 41.5 Å². The number of aromatic nitrogens is 2. The zero-order valence-electron chi connectivity index (χ0n) is 18.4. The van der Waals surface area contributed by atoms with Gasteiger partial charge in [0.2, 0.25) is 0 Å². The summed E-state index contributed by atoms with van der Waals surface area (Å²) < 4.78 is 11.6. The minimum absolute atomic E-state index is 0.0282. The van der Waals surface area contributed by atoms with Crippen LogP contribution < -0.4 is 14.8 Å². The van der Waals surface area contributed by atoms with Crippen LogP contribution >= 0.6 is 0 Å². The van der Waals surface area contributed by atoms with Crippen molar-refractivity contribution in [3.05, 3.63) is 77.6 Å². The molecule has 0 spiro atoms. The number of ether oxygens (including phenoxy) is 2. The third kappa shape index (κ3) is 5.21. The predicted octanol–water partition coefficient (Wildman–Crippen LogP) is 4.64. The molecule has 0 atom stereocenters. The van der Waals surface area contributed by atoms with Crippen LogP contribution in [-0.2, 0) is 5.41 Å². The van der Waals surface area contributed by atoms with Crippen LogP contribution in [0.25, 0.3) is 0 Å². The van der Waals surface area contributed by atoms with Gasteiger partial charge in [-0.3, -0.25) is 0 Å². The van der Waals surface area contributed by atoms with Gasteiger partial charge < -0.3 is 19.9 Å². The average molecular weight is 444 g/mol. The zero-order chi connectivity index (χ0) is 23.4. The van der Waals surface area contributed by atoms with E-state index in [9.17, 15) is 4.79 Å². The molecule has 1 fully saturated rings. The number of nitrogens with one attached hydrogen (secondary N) is 1. The quantitative estimate of drug-likeness (QED) is 0.545. The molecule has 168 valence electrons. The van der Waals surface area contributed by atoms with Gasteiger partial charge in [0.25, 0.3) is 0 Å². The maximum Gasteiger partial charge on any atom is 0.404 e. The highest BCUT2D eigenvalue weighted by atomic mass is 16.5.